The molecule has 0 saturated heterocycles. The standard InChI is InChI=1S/C20H24O3/c1-14(2)13-20(16-5-9-18(22-4)10-6-16)17-7-11-19(12-8-17)23-15(3)21/h5-12,14,20H,13H2,1-4H3. The van der Waals surface area contributed by atoms with E-state index in [1.807, 2.05) is 36.4 Å². The van der Waals surface area contributed by atoms with Gasteiger partial charge in [0.25, 0.3) is 0 Å². The van der Waals surface area contributed by atoms with Crippen LogP contribution in [0.2, 0.25) is 0 Å². The van der Waals surface area contributed by atoms with Gasteiger partial charge in [-0.1, -0.05) is 38.1 Å². The Morgan fingerprint density at radius 1 is 0.913 bits per heavy atom. The van der Waals surface area contributed by atoms with E-state index in [-0.39, 0.29) is 5.97 Å². The van der Waals surface area contributed by atoms with E-state index in [2.05, 4.69) is 26.0 Å². The van der Waals surface area contributed by atoms with Gasteiger partial charge in [-0.3, -0.25) is 4.79 Å². The molecule has 1 atom stereocenters. The molecule has 0 aliphatic heterocycles. The van der Waals surface area contributed by atoms with Crippen LogP contribution >= 0.6 is 0 Å². The van der Waals surface area contributed by atoms with Crippen LogP contribution in [-0.2, 0) is 4.79 Å². The lowest BCUT2D eigenvalue weighted by Gasteiger charge is -2.20. The maximum atomic E-state index is 11.0. The third-order valence-corrected chi connectivity index (χ3v) is 3.77. The summed E-state index contributed by atoms with van der Waals surface area (Å²) in [5, 5.41) is 0. The summed E-state index contributed by atoms with van der Waals surface area (Å²) in [6, 6.07) is 16.0. The minimum atomic E-state index is -0.299. The maximum absolute atomic E-state index is 11.0. The Bertz CT molecular complexity index is 627. The van der Waals surface area contributed by atoms with E-state index in [0.29, 0.717) is 17.6 Å². The van der Waals surface area contributed by atoms with Gasteiger partial charge in [-0.15, -0.1) is 0 Å². The summed E-state index contributed by atoms with van der Waals surface area (Å²) < 4.78 is 10.4. The molecule has 0 radical (unpaired) electrons. The van der Waals surface area contributed by atoms with Crippen molar-refractivity contribution in [1.82, 2.24) is 0 Å². The fraction of sp³-hybridized carbons (Fsp3) is 0.350. The SMILES string of the molecule is COc1ccc(C(CC(C)C)c2ccc(OC(C)=O)cc2)cc1. The quantitative estimate of drug-likeness (QED) is 0.568. The van der Waals surface area contributed by atoms with Gasteiger partial charge >= 0.3 is 5.97 Å². The van der Waals surface area contributed by atoms with Crippen molar-refractivity contribution < 1.29 is 14.3 Å². The van der Waals surface area contributed by atoms with E-state index < -0.39 is 0 Å². The predicted octanol–water partition coefficient (Wildman–Crippen LogP) is 4.80. The number of benzene rings is 2. The van der Waals surface area contributed by atoms with Crippen molar-refractivity contribution in [3.63, 3.8) is 0 Å². The van der Waals surface area contributed by atoms with Crippen molar-refractivity contribution in [3.8, 4) is 11.5 Å². The molecule has 122 valence electrons. The molecule has 0 heterocycles. The van der Waals surface area contributed by atoms with Crippen LogP contribution in [0.25, 0.3) is 0 Å². The van der Waals surface area contributed by atoms with E-state index in [1.165, 1.54) is 18.1 Å². The second-order valence-corrected chi connectivity index (χ2v) is 6.12. The van der Waals surface area contributed by atoms with Crippen LogP contribution in [0.5, 0.6) is 11.5 Å². The van der Waals surface area contributed by atoms with E-state index in [4.69, 9.17) is 9.47 Å². The minimum absolute atomic E-state index is 0.299. The van der Waals surface area contributed by atoms with Crippen LogP contribution in [-0.4, -0.2) is 13.1 Å². The number of methoxy groups -OCH3 is 1. The Kier molecular flexibility index (Phi) is 5.80. The van der Waals surface area contributed by atoms with Gasteiger partial charge in [-0.2, -0.15) is 0 Å². The first-order chi connectivity index (χ1) is 11.0. The number of hydrogen-bond acceptors (Lipinski definition) is 3. The zero-order valence-corrected chi connectivity index (χ0v) is 14.2. The van der Waals surface area contributed by atoms with Crippen LogP contribution in [0.15, 0.2) is 48.5 Å². The van der Waals surface area contributed by atoms with Gasteiger partial charge in [-0.25, -0.2) is 0 Å². The first kappa shape index (κ1) is 17.1. The molecule has 2 aromatic carbocycles. The summed E-state index contributed by atoms with van der Waals surface area (Å²) in [6.45, 7) is 5.86. The van der Waals surface area contributed by atoms with Crippen molar-refractivity contribution in [2.75, 3.05) is 7.11 Å². The molecule has 23 heavy (non-hydrogen) atoms. The molecular formula is C20H24O3. The lowest BCUT2D eigenvalue weighted by atomic mass is 9.84. The zero-order valence-electron chi connectivity index (χ0n) is 14.2. The molecule has 3 nitrogen and oxygen atoms in total. The number of ether oxygens (including phenoxy) is 2. The molecule has 0 aliphatic carbocycles. The van der Waals surface area contributed by atoms with Crippen molar-refractivity contribution in [2.45, 2.75) is 33.1 Å². The average Bonchev–Trinajstić information content (AvgIpc) is 2.53. The van der Waals surface area contributed by atoms with Gasteiger partial charge in [0.2, 0.25) is 0 Å². The molecule has 0 spiro atoms. The number of hydrogen-bond donors (Lipinski definition) is 0. The van der Waals surface area contributed by atoms with Crippen molar-refractivity contribution >= 4 is 5.97 Å². The second kappa shape index (κ2) is 7.82. The highest BCUT2D eigenvalue weighted by Crippen LogP contribution is 2.32. The Balaban J connectivity index is 2.28. The van der Waals surface area contributed by atoms with Gasteiger partial charge in [0, 0.05) is 12.8 Å². The molecule has 0 amide bonds. The van der Waals surface area contributed by atoms with Gasteiger partial charge < -0.3 is 9.47 Å². The van der Waals surface area contributed by atoms with E-state index in [1.54, 1.807) is 7.11 Å². The Labute approximate surface area is 138 Å². The predicted molar refractivity (Wildman–Crippen MR) is 92.0 cm³/mol. The maximum Gasteiger partial charge on any atom is 0.308 e. The molecule has 2 rings (SSSR count). The molecule has 0 aliphatic rings. The molecule has 0 bridgehead atoms. The highest BCUT2D eigenvalue weighted by atomic mass is 16.5. The van der Waals surface area contributed by atoms with Gasteiger partial charge in [-0.05, 0) is 47.7 Å². The summed E-state index contributed by atoms with van der Waals surface area (Å²) in [5.74, 6) is 2.04. The number of carbonyl (C=O) groups is 1. The highest BCUT2D eigenvalue weighted by molar-refractivity contribution is 5.69. The summed E-state index contributed by atoms with van der Waals surface area (Å²) in [5.41, 5.74) is 2.49. The van der Waals surface area contributed by atoms with Gasteiger partial charge in [0.15, 0.2) is 0 Å². The second-order valence-electron chi connectivity index (χ2n) is 6.12. The Hall–Kier alpha value is -2.29. The molecule has 0 saturated carbocycles. The van der Waals surface area contributed by atoms with Crippen LogP contribution in [0.4, 0.5) is 0 Å². The summed E-state index contributed by atoms with van der Waals surface area (Å²) >= 11 is 0. The average molecular weight is 312 g/mol. The molecule has 3 heteroatoms. The lowest BCUT2D eigenvalue weighted by Crippen LogP contribution is -2.06. The summed E-state index contributed by atoms with van der Waals surface area (Å²) in [6.07, 6.45) is 1.05. The number of esters is 1. The van der Waals surface area contributed by atoms with Crippen LogP contribution in [0.1, 0.15) is 44.2 Å². The van der Waals surface area contributed by atoms with Crippen molar-refractivity contribution in [1.29, 1.82) is 0 Å². The Morgan fingerprint density at radius 2 is 1.39 bits per heavy atom. The summed E-state index contributed by atoms with van der Waals surface area (Å²) in [7, 11) is 1.67. The molecule has 0 aromatic heterocycles. The Morgan fingerprint density at radius 3 is 1.78 bits per heavy atom. The molecule has 2 aromatic rings. The van der Waals surface area contributed by atoms with Crippen molar-refractivity contribution in [2.24, 2.45) is 5.92 Å². The molecule has 1 unspecified atom stereocenters. The highest BCUT2D eigenvalue weighted by Gasteiger charge is 2.16. The smallest absolute Gasteiger partial charge is 0.308 e. The van der Waals surface area contributed by atoms with Gasteiger partial charge in [0.1, 0.15) is 11.5 Å². The third-order valence-electron chi connectivity index (χ3n) is 3.77. The normalized spacial score (nSPS) is 12.0. The fourth-order valence-corrected chi connectivity index (χ4v) is 2.71. The first-order valence-electron chi connectivity index (χ1n) is 7.92. The third kappa shape index (κ3) is 4.85. The van der Waals surface area contributed by atoms with Gasteiger partial charge in [0.05, 0.1) is 7.11 Å². The number of carbonyl (C=O) groups excluding carboxylic acids is 1. The minimum Gasteiger partial charge on any atom is -0.497 e. The van der Waals surface area contributed by atoms with E-state index in [0.717, 1.165) is 12.2 Å². The van der Waals surface area contributed by atoms with E-state index >= 15 is 0 Å². The molecular weight excluding hydrogens is 288 g/mol. The monoisotopic (exact) mass is 312 g/mol. The largest absolute Gasteiger partial charge is 0.497 e. The van der Waals surface area contributed by atoms with E-state index in [9.17, 15) is 4.79 Å². The van der Waals surface area contributed by atoms with Crippen LogP contribution < -0.4 is 9.47 Å². The fourth-order valence-electron chi connectivity index (χ4n) is 2.71. The topological polar surface area (TPSA) is 35.5 Å². The van der Waals surface area contributed by atoms with Crippen LogP contribution in [0, 0.1) is 5.92 Å². The summed E-state index contributed by atoms with van der Waals surface area (Å²) in [4.78, 5) is 11.0. The zero-order chi connectivity index (χ0) is 16.8. The van der Waals surface area contributed by atoms with Crippen molar-refractivity contribution in [3.05, 3.63) is 59.7 Å². The lowest BCUT2D eigenvalue weighted by molar-refractivity contribution is -0.131. The van der Waals surface area contributed by atoms with Crippen LogP contribution in [0.3, 0.4) is 0 Å². The molecule has 0 N–H and O–H groups in total. The molecule has 0 fully saturated rings. The first-order valence-corrected chi connectivity index (χ1v) is 7.92. The number of rotatable bonds is 6.